The highest BCUT2D eigenvalue weighted by Crippen LogP contribution is 2.12. The Morgan fingerprint density at radius 1 is 0.944 bits per heavy atom. The van der Waals surface area contributed by atoms with Gasteiger partial charge in [-0.25, -0.2) is 4.79 Å². The van der Waals surface area contributed by atoms with E-state index < -0.39 is 53.8 Å². The normalized spacial score (nSPS) is 14.1. The number of aliphatic carboxylic acids is 1. The minimum Gasteiger partial charge on any atom is -0.508 e. The zero-order chi connectivity index (χ0) is 27.3. The fourth-order valence-corrected chi connectivity index (χ4v) is 3.76. The number of nitrogens with one attached hydrogen (secondary N) is 3. The molecule has 36 heavy (non-hydrogen) atoms. The molecule has 1 rings (SSSR count). The van der Waals surface area contributed by atoms with E-state index in [0.29, 0.717) is 17.7 Å². The van der Waals surface area contributed by atoms with Crippen molar-refractivity contribution in [3.8, 4) is 5.75 Å². The molecule has 0 aliphatic rings. The highest BCUT2D eigenvalue weighted by Gasteiger charge is 2.30. The third-order valence-electron chi connectivity index (χ3n) is 5.09. The number of phenols is 1. The third-order valence-corrected chi connectivity index (χ3v) is 6.10. The summed E-state index contributed by atoms with van der Waals surface area (Å²) in [6, 6.07) is 1.41. The number of carbonyl (C=O) groups is 5. The van der Waals surface area contributed by atoms with Crippen LogP contribution in [0, 0.1) is 0 Å². The lowest BCUT2D eigenvalue weighted by Crippen LogP contribution is -2.58. The number of nitrogens with two attached hydrogens (primary N) is 2. The van der Waals surface area contributed by atoms with Crippen molar-refractivity contribution in [2.24, 2.45) is 11.5 Å². The highest BCUT2D eigenvalue weighted by molar-refractivity contribution is 7.98. The van der Waals surface area contributed by atoms with Crippen LogP contribution < -0.4 is 27.4 Å². The Kier molecular flexibility index (Phi) is 13.7. The van der Waals surface area contributed by atoms with Gasteiger partial charge < -0.3 is 37.6 Å². The van der Waals surface area contributed by atoms with Gasteiger partial charge in [-0.3, -0.25) is 19.2 Å². The molecule has 1 aromatic carbocycles. The zero-order valence-corrected chi connectivity index (χ0v) is 21.5. The van der Waals surface area contributed by atoms with Gasteiger partial charge in [0.2, 0.25) is 23.6 Å². The monoisotopic (exact) mass is 543 g/mol. The number of aromatic hydroxyl groups is 1. The number of primary amides is 1. The van der Waals surface area contributed by atoms with Crippen LogP contribution in [-0.2, 0) is 30.4 Å². The molecule has 0 aliphatic carbocycles. The molecule has 4 amide bonds. The molecule has 0 saturated heterocycles. The Labute approximate surface area is 218 Å². The fourth-order valence-electron chi connectivity index (χ4n) is 3.01. The molecule has 14 heteroatoms. The number of rotatable bonds is 16. The number of benzene rings is 1. The Hall–Kier alpha value is -2.97. The van der Waals surface area contributed by atoms with Gasteiger partial charge in [0.25, 0.3) is 0 Å². The molecule has 0 heterocycles. The standard InChI is InChI=1S/C22H33N5O7S2/c1-36-9-8-14(23)19(30)26-16(10-12-2-4-13(28)5-3-12)20(31)27-17(11-35)21(32)25-15(22(33)34)6-7-18(24)29/h2-5,14-17,28,35H,6-11,23H2,1H3,(H2,24,29)(H,25,32)(H,26,30)(H,27,31)(H,33,34). The second-order valence-electron chi connectivity index (χ2n) is 7.97. The van der Waals surface area contributed by atoms with Crippen molar-refractivity contribution in [1.82, 2.24) is 16.0 Å². The molecule has 12 nitrogen and oxygen atoms in total. The number of carboxylic acid groups (broad SMARTS) is 1. The topological polar surface area (TPSA) is 214 Å². The first kappa shape index (κ1) is 31.1. The maximum atomic E-state index is 13.1. The summed E-state index contributed by atoms with van der Waals surface area (Å²) in [5.41, 5.74) is 11.6. The van der Waals surface area contributed by atoms with Gasteiger partial charge in [0, 0.05) is 18.6 Å². The summed E-state index contributed by atoms with van der Waals surface area (Å²) in [5, 5.41) is 26.1. The van der Waals surface area contributed by atoms with E-state index in [9.17, 15) is 34.2 Å². The lowest BCUT2D eigenvalue weighted by molar-refractivity contribution is -0.142. The summed E-state index contributed by atoms with van der Waals surface area (Å²) in [4.78, 5) is 60.7. The number of hydrogen-bond donors (Lipinski definition) is 8. The van der Waals surface area contributed by atoms with Gasteiger partial charge in [-0.05, 0) is 42.5 Å². The molecule has 0 fully saturated rings. The van der Waals surface area contributed by atoms with Gasteiger partial charge >= 0.3 is 5.97 Å². The summed E-state index contributed by atoms with van der Waals surface area (Å²) >= 11 is 5.59. The summed E-state index contributed by atoms with van der Waals surface area (Å²) in [5.74, 6) is -3.69. The molecule has 4 unspecified atom stereocenters. The van der Waals surface area contributed by atoms with Crippen LogP contribution in [0.2, 0.25) is 0 Å². The van der Waals surface area contributed by atoms with Crippen molar-refractivity contribution < 1.29 is 34.2 Å². The summed E-state index contributed by atoms with van der Waals surface area (Å²) in [7, 11) is 0. The van der Waals surface area contributed by atoms with E-state index in [1.54, 1.807) is 12.1 Å². The van der Waals surface area contributed by atoms with Gasteiger partial charge in [0.05, 0.1) is 6.04 Å². The molecule has 0 radical (unpaired) electrons. The van der Waals surface area contributed by atoms with E-state index >= 15 is 0 Å². The quantitative estimate of drug-likeness (QED) is 0.117. The van der Waals surface area contributed by atoms with E-state index in [0.717, 1.165) is 0 Å². The second kappa shape index (κ2) is 15.9. The van der Waals surface area contributed by atoms with Crippen LogP contribution in [0.5, 0.6) is 5.75 Å². The molecule has 200 valence electrons. The molecule has 0 saturated carbocycles. The molecule has 4 atom stereocenters. The Morgan fingerprint density at radius 2 is 1.50 bits per heavy atom. The van der Waals surface area contributed by atoms with Crippen molar-refractivity contribution in [3.05, 3.63) is 29.8 Å². The smallest absolute Gasteiger partial charge is 0.326 e. The van der Waals surface area contributed by atoms with Crippen molar-refractivity contribution >= 4 is 54.0 Å². The first-order valence-electron chi connectivity index (χ1n) is 11.0. The fraction of sp³-hybridized carbons (Fsp3) is 0.500. The maximum absolute atomic E-state index is 13.1. The van der Waals surface area contributed by atoms with E-state index in [1.165, 1.54) is 23.9 Å². The molecule has 0 aliphatic heterocycles. The molecule has 0 spiro atoms. The van der Waals surface area contributed by atoms with Gasteiger partial charge in [-0.2, -0.15) is 24.4 Å². The second-order valence-corrected chi connectivity index (χ2v) is 9.32. The number of phenolic OH excluding ortho intramolecular Hbond substituents is 1. The van der Waals surface area contributed by atoms with E-state index in [-0.39, 0.29) is 30.8 Å². The van der Waals surface area contributed by atoms with Crippen LogP contribution in [0.15, 0.2) is 24.3 Å². The largest absolute Gasteiger partial charge is 0.508 e. The Morgan fingerprint density at radius 3 is 2.03 bits per heavy atom. The van der Waals surface area contributed by atoms with Gasteiger partial charge in [0.1, 0.15) is 23.9 Å². The van der Waals surface area contributed by atoms with Crippen LogP contribution in [0.3, 0.4) is 0 Å². The van der Waals surface area contributed by atoms with Gasteiger partial charge in [0.15, 0.2) is 0 Å². The van der Waals surface area contributed by atoms with Crippen LogP contribution in [0.1, 0.15) is 24.8 Å². The number of thiol groups is 1. The van der Waals surface area contributed by atoms with Crippen molar-refractivity contribution in [3.63, 3.8) is 0 Å². The SMILES string of the molecule is CSCCC(N)C(=O)NC(Cc1ccc(O)cc1)C(=O)NC(CS)C(=O)NC(CCC(N)=O)C(=O)O. The number of thioether (sulfide) groups is 1. The minimum absolute atomic E-state index is 0.0269. The predicted octanol–water partition coefficient (Wildman–Crippen LogP) is -1.25. The highest BCUT2D eigenvalue weighted by atomic mass is 32.2. The predicted molar refractivity (Wildman–Crippen MR) is 138 cm³/mol. The van der Waals surface area contributed by atoms with E-state index in [1.807, 2.05) is 6.26 Å². The lowest BCUT2D eigenvalue weighted by Gasteiger charge is -2.24. The van der Waals surface area contributed by atoms with Crippen molar-refractivity contribution in [2.75, 3.05) is 17.8 Å². The minimum atomic E-state index is -1.40. The number of carboxylic acids is 1. The Balaban J connectivity index is 2.98. The van der Waals surface area contributed by atoms with Gasteiger partial charge in [-0.15, -0.1) is 0 Å². The molecule has 0 bridgehead atoms. The molecule has 1 aromatic rings. The molecular formula is C22H33N5O7S2. The van der Waals surface area contributed by atoms with Crippen LogP contribution >= 0.6 is 24.4 Å². The van der Waals surface area contributed by atoms with E-state index in [2.05, 4.69) is 28.6 Å². The molecule has 9 N–H and O–H groups in total. The average Bonchev–Trinajstić information content (AvgIpc) is 2.83. The molecular weight excluding hydrogens is 510 g/mol. The third kappa shape index (κ3) is 11.2. The number of hydrogen-bond acceptors (Lipinski definition) is 9. The first-order valence-corrected chi connectivity index (χ1v) is 13.1. The van der Waals surface area contributed by atoms with Crippen LogP contribution in [0.4, 0.5) is 0 Å². The number of amides is 4. The van der Waals surface area contributed by atoms with Crippen molar-refractivity contribution in [1.29, 1.82) is 0 Å². The number of carbonyl (C=O) groups excluding carboxylic acids is 4. The van der Waals surface area contributed by atoms with Crippen molar-refractivity contribution in [2.45, 2.75) is 49.9 Å². The summed E-state index contributed by atoms with van der Waals surface area (Å²) in [6.07, 6.45) is 1.81. The average molecular weight is 544 g/mol. The molecule has 0 aromatic heterocycles. The summed E-state index contributed by atoms with van der Waals surface area (Å²) < 4.78 is 0. The van der Waals surface area contributed by atoms with E-state index in [4.69, 9.17) is 11.5 Å². The summed E-state index contributed by atoms with van der Waals surface area (Å²) in [6.45, 7) is 0. The first-order chi connectivity index (χ1) is 17.0. The van der Waals surface area contributed by atoms with Crippen LogP contribution in [0.25, 0.3) is 0 Å². The zero-order valence-electron chi connectivity index (χ0n) is 19.8. The van der Waals surface area contributed by atoms with Crippen LogP contribution in [-0.4, -0.2) is 81.7 Å². The van der Waals surface area contributed by atoms with Gasteiger partial charge in [-0.1, -0.05) is 12.1 Å². The Bertz CT molecular complexity index is 917. The lowest BCUT2D eigenvalue weighted by atomic mass is 10.0. The maximum Gasteiger partial charge on any atom is 0.326 e.